The fourth-order valence-electron chi connectivity index (χ4n) is 1.86. The van der Waals surface area contributed by atoms with Crippen molar-refractivity contribution in [2.75, 3.05) is 5.32 Å². The van der Waals surface area contributed by atoms with Crippen LogP contribution in [0.25, 0.3) is 0 Å². The summed E-state index contributed by atoms with van der Waals surface area (Å²) in [7, 11) is 0. The van der Waals surface area contributed by atoms with Crippen LogP contribution in [0.5, 0.6) is 0 Å². The third-order valence-corrected chi connectivity index (χ3v) is 2.94. The van der Waals surface area contributed by atoms with Crippen LogP contribution in [0.2, 0.25) is 0 Å². The summed E-state index contributed by atoms with van der Waals surface area (Å²) in [5.74, 6) is -0.188. The van der Waals surface area contributed by atoms with E-state index in [1.165, 1.54) is 5.56 Å². The topological polar surface area (TPSA) is 58.2 Å². The van der Waals surface area contributed by atoms with Gasteiger partial charge in [-0.2, -0.15) is 0 Å². The molecular formula is C13H16N2O2. The first-order valence-corrected chi connectivity index (χ1v) is 5.88. The lowest BCUT2D eigenvalue weighted by atomic mass is 10.1. The van der Waals surface area contributed by atoms with Crippen LogP contribution in [-0.4, -0.2) is 17.9 Å². The lowest BCUT2D eigenvalue weighted by Gasteiger charge is -2.11. The summed E-state index contributed by atoms with van der Waals surface area (Å²) >= 11 is 0. The van der Waals surface area contributed by atoms with Gasteiger partial charge in [0.1, 0.15) is 6.04 Å². The summed E-state index contributed by atoms with van der Waals surface area (Å²) in [5, 5.41) is 5.45. The van der Waals surface area contributed by atoms with Crippen LogP contribution in [-0.2, 0) is 16.0 Å². The lowest BCUT2D eigenvalue weighted by molar-refractivity contribution is -0.122. The SMILES string of the molecule is CCc1ccc(NC(=O)[C@@H]2CCC(=O)N2)cc1. The van der Waals surface area contributed by atoms with E-state index in [0.29, 0.717) is 12.8 Å². The zero-order valence-electron chi connectivity index (χ0n) is 9.82. The van der Waals surface area contributed by atoms with Crippen molar-refractivity contribution in [3.63, 3.8) is 0 Å². The molecule has 1 aliphatic heterocycles. The molecule has 1 aromatic rings. The summed E-state index contributed by atoms with van der Waals surface area (Å²) in [4.78, 5) is 22.8. The second-order valence-electron chi connectivity index (χ2n) is 4.20. The minimum Gasteiger partial charge on any atom is -0.344 e. The molecular weight excluding hydrogens is 216 g/mol. The Bertz CT molecular complexity index is 426. The largest absolute Gasteiger partial charge is 0.344 e. The Labute approximate surface area is 100 Å². The zero-order valence-corrected chi connectivity index (χ0v) is 9.82. The molecule has 1 aliphatic rings. The number of anilines is 1. The Morgan fingerprint density at radius 2 is 2.12 bits per heavy atom. The second kappa shape index (κ2) is 4.99. The first kappa shape index (κ1) is 11.6. The molecule has 17 heavy (non-hydrogen) atoms. The highest BCUT2D eigenvalue weighted by Gasteiger charge is 2.26. The molecule has 1 saturated heterocycles. The lowest BCUT2D eigenvalue weighted by Crippen LogP contribution is -2.37. The van der Waals surface area contributed by atoms with Gasteiger partial charge in [0.15, 0.2) is 0 Å². The van der Waals surface area contributed by atoms with E-state index in [1.54, 1.807) is 0 Å². The Kier molecular flexibility index (Phi) is 3.42. The summed E-state index contributed by atoms with van der Waals surface area (Å²) < 4.78 is 0. The molecule has 4 nitrogen and oxygen atoms in total. The molecule has 0 radical (unpaired) electrons. The molecule has 2 N–H and O–H groups in total. The molecule has 1 fully saturated rings. The number of benzene rings is 1. The van der Waals surface area contributed by atoms with Crippen molar-refractivity contribution >= 4 is 17.5 Å². The van der Waals surface area contributed by atoms with Gasteiger partial charge in [-0.1, -0.05) is 19.1 Å². The monoisotopic (exact) mass is 232 g/mol. The first-order chi connectivity index (χ1) is 8.19. The van der Waals surface area contributed by atoms with Crippen molar-refractivity contribution in [1.82, 2.24) is 5.32 Å². The zero-order chi connectivity index (χ0) is 12.3. The number of carbonyl (C=O) groups is 2. The second-order valence-corrected chi connectivity index (χ2v) is 4.20. The van der Waals surface area contributed by atoms with Crippen LogP contribution >= 0.6 is 0 Å². The van der Waals surface area contributed by atoms with Gasteiger partial charge in [-0.15, -0.1) is 0 Å². The predicted molar refractivity (Wildman–Crippen MR) is 65.6 cm³/mol. The molecule has 1 heterocycles. The van der Waals surface area contributed by atoms with Crippen LogP contribution in [0.3, 0.4) is 0 Å². The molecule has 2 rings (SSSR count). The normalized spacial score (nSPS) is 18.9. The van der Waals surface area contributed by atoms with Crippen LogP contribution in [0.4, 0.5) is 5.69 Å². The molecule has 0 aliphatic carbocycles. The molecule has 2 amide bonds. The molecule has 0 bridgehead atoms. The predicted octanol–water partition coefficient (Wildman–Crippen LogP) is 1.47. The van der Waals surface area contributed by atoms with Gasteiger partial charge in [-0.05, 0) is 30.5 Å². The maximum absolute atomic E-state index is 11.8. The Morgan fingerprint density at radius 3 is 2.65 bits per heavy atom. The van der Waals surface area contributed by atoms with E-state index in [9.17, 15) is 9.59 Å². The molecule has 1 aromatic carbocycles. The van der Waals surface area contributed by atoms with Gasteiger partial charge in [0.05, 0.1) is 0 Å². The molecule has 90 valence electrons. The summed E-state index contributed by atoms with van der Waals surface area (Å²) in [6, 6.07) is 7.36. The van der Waals surface area contributed by atoms with E-state index in [2.05, 4.69) is 17.6 Å². The number of carbonyl (C=O) groups excluding carboxylic acids is 2. The summed E-state index contributed by atoms with van der Waals surface area (Å²) in [6.45, 7) is 2.08. The number of rotatable bonds is 3. The van der Waals surface area contributed by atoms with Gasteiger partial charge in [-0.25, -0.2) is 0 Å². The fraction of sp³-hybridized carbons (Fsp3) is 0.385. The minimum atomic E-state index is -0.381. The molecule has 1 atom stereocenters. The van der Waals surface area contributed by atoms with Gasteiger partial charge in [0.25, 0.3) is 0 Å². The van der Waals surface area contributed by atoms with Gasteiger partial charge in [0, 0.05) is 12.1 Å². The smallest absolute Gasteiger partial charge is 0.246 e. The number of hydrogen-bond acceptors (Lipinski definition) is 2. The molecule has 0 unspecified atom stereocenters. The van der Waals surface area contributed by atoms with E-state index in [4.69, 9.17) is 0 Å². The molecule has 0 saturated carbocycles. The van der Waals surface area contributed by atoms with Crippen molar-refractivity contribution in [2.45, 2.75) is 32.2 Å². The Balaban J connectivity index is 1.95. The van der Waals surface area contributed by atoms with Crippen LogP contribution < -0.4 is 10.6 Å². The maximum Gasteiger partial charge on any atom is 0.246 e. The highest BCUT2D eigenvalue weighted by atomic mass is 16.2. The van der Waals surface area contributed by atoms with Crippen LogP contribution in [0.1, 0.15) is 25.3 Å². The highest BCUT2D eigenvalue weighted by Crippen LogP contribution is 2.13. The van der Waals surface area contributed by atoms with E-state index >= 15 is 0 Å². The van der Waals surface area contributed by atoms with E-state index in [0.717, 1.165) is 12.1 Å². The standard InChI is InChI=1S/C13H16N2O2/c1-2-9-3-5-10(6-4-9)14-13(17)11-7-8-12(16)15-11/h3-6,11H,2,7-8H2,1H3,(H,14,17)(H,15,16)/t11-/m0/s1. The van der Waals surface area contributed by atoms with Crippen LogP contribution in [0.15, 0.2) is 24.3 Å². The quantitative estimate of drug-likeness (QED) is 0.829. The Morgan fingerprint density at radius 1 is 1.41 bits per heavy atom. The third kappa shape index (κ3) is 2.84. The Hall–Kier alpha value is -1.84. The van der Waals surface area contributed by atoms with Gasteiger partial charge >= 0.3 is 0 Å². The van der Waals surface area contributed by atoms with E-state index in [-0.39, 0.29) is 17.9 Å². The number of aryl methyl sites for hydroxylation is 1. The molecule has 0 spiro atoms. The average molecular weight is 232 g/mol. The maximum atomic E-state index is 11.8. The minimum absolute atomic E-state index is 0.0496. The van der Waals surface area contributed by atoms with Crippen molar-refractivity contribution in [1.29, 1.82) is 0 Å². The van der Waals surface area contributed by atoms with Crippen molar-refractivity contribution in [3.05, 3.63) is 29.8 Å². The first-order valence-electron chi connectivity index (χ1n) is 5.88. The molecule has 4 heteroatoms. The van der Waals surface area contributed by atoms with Gasteiger partial charge < -0.3 is 10.6 Å². The number of amides is 2. The van der Waals surface area contributed by atoms with Crippen LogP contribution in [0, 0.1) is 0 Å². The highest BCUT2D eigenvalue weighted by molar-refractivity contribution is 5.98. The van der Waals surface area contributed by atoms with Crippen molar-refractivity contribution in [2.24, 2.45) is 0 Å². The van der Waals surface area contributed by atoms with Gasteiger partial charge in [-0.3, -0.25) is 9.59 Å². The van der Waals surface area contributed by atoms with E-state index < -0.39 is 0 Å². The van der Waals surface area contributed by atoms with Crippen molar-refractivity contribution in [3.8, 4) is 0 Å². The summed E-state index contributed by atoms with van der Waals surface area (Å²) in [5.41, 5.74) is 2.01. The fourth-order valence-corrected chi connectivity index (χ4v) is 1.86. The number of hydrogen-bond donors (Lipinski definition) is 2. The third-order valence-electron chi connectivity index (χ3n) is 2.94. The van der Waals surface area contributed by atoms with Gasteiger partial charge in [0.2, 0.25) is 11.8 Å². The van der Waals surface area contributed by atoms with E-state index in [1.807, 2.05) is 24.3 Å². The number of nitrogens with one attached hydrogen (secondary N) is 2. The van der Waals surface area contributed by atoms with Crippen molar-refractivity contribution < 1.29 is 9.59 Å². The molecule has 0 aromatic heterocycles. The average Bonchev–Trinajstić information content (AvgIpc) is 2.77. The summed E-state index contributed by atoms with van der Waals surface area (Å²) in [6.07, 6.45) is 2.00.